The second-order valence-corrected chi connectivity index (χ2v) is 2.72. The number of esters is 1. The summed E-state index contributed by atoms with van der Waals surface area (Å²) in [5, 5.41) is 0. The van der Waals surface area contributed by atoms with Gasteiger partial charge in [-0.25, -0.2) is 4.79 Å². The molecule has 0 N–H and O–H groups in total. The molecule has 0 aliphatic carbocycles. The zero-order valence-electron chi connectivity index (χ0n) is 8.34. The largest absolute Gasteiger partial charge is 0.463 e. The van der Waals surface area contributed by atoms with Gasteiger partial charge in [-0.05, 0) is 25.1 Å². The SMILES string of the molecule is CCOC(=O)C=Cc1cc(C=O)ccn1. The number of aldehydes is 1. The van der Waals surface area contributed by atoms with Crippen LogP contribution >= 0.6 is 0 Å². The van der Waals surface area contributed by atoms with Crippen molar-refractivity contribution in [3.63, 3.8) is 0 Å². The maximum absolute atomic E-state index is 11.0. The Kier molecular flexibility index (Phi) is 4.22. The molecule has 1 aromatic heterocycles. The van der Waals surface area contributed by atoms with Crippen LogP contribution in [0.1, 0.15) is 23.0 Å². The van der Waals surface area contributed by atoms with E-state index in [9.17, 15) is 9.59 Å². The molecule has 0 fully saturated rings. The second kappa shape index (κ2) is 5.70. The Labute approximate surface area is 87.6 Å². The number of pyridine rings is 1. The molecule has 1 heterocycles. The summed E-state index contributed by atoms with van der Waals surface area (Å²) < 4.78 is 4.70. The lowest BCUT2D eigenvalue weighted by Crippen LogP contribution is -1.98. The lowest BCUT2D eigenvalue weighted by atomic mass is 10.2. The van der Waals surface area contributed by atoms with Gasteiger partial charge in [-0.3, -0.25) is 9.78 Å². The van der Waals surface area contributed by atoms with Crippen molar-refractivity contribution in [3.8, 4) is 0 Å². The normalized spacial score (nSPS) is 10.2. The predicted octanol–water partition coefficient (Wildman–Crippen LogP) is 1.47. The Hall–Kier alpha value is -1.97. The highest BCUT2D eigenvalue weighted by atomic mass is 16.5. The Balaban J connectivity index is 2.71. The van der Waals surface area contributed by atoms with E-state index < -0.39 is 5.97 Å². The molecule has 0 bridgehead atoms. The summed E-state index contributed by atoms with van der Waals surface area (Å²) in [7, 11) is 0. The monoisotopic (exact) mass is 205 g/mol. The molecule has 0 aromatic carbocycles. The van der Waals surface area contributed by atoms with Crippen LogP contribution in [0.15, 0.2) is 24.4 Å². The first-order chi connectivity index (χ1) is 7.26. The van der Waals surface area contributed by atoms with E-state index in [0.717, 1.165) is 6.29 Å². The van der Waals surface area contributed by atoms with Gasteiger partial charge < -0.3 is 4.74 Å². The summed E-state index contributed by atoms with van der Waals surface area (Å²) in [6, 6.07) is 3.18. The van der Waals surface area contributed by atoms with Gasteiger partial charge in [0.15, 0.2) is 0 Å². The summed E-state index contributed by atoms with van der Waals surface area (Å²) in [5.41, 5.74) is 1.07. The van der Waals surface area contributed by atoms with E-state index in [1.54, 1.807) is 19.1 Å². The van der Waals surface area contributed by atoms with Crippen molar-refractivity contribution in [2.24, 2.45) is 0 Å². The Morgan fingerprint density at radius 3 is 3.07 bits per heavy atom. The number of carbonyl (C=O) groups is 2. The number of nitrogens with zero attached hydrogens (tertiary/aromatic N) is 1. The number of ether oxygens (including phenoxy) is 1. The zero-order valence-corrected chi connectivity index (χ0v) is 8.34. The van der Waals surface area contributed by atoms with E-state index in [4.69, 9.17) is 4.74 Å². The van der Waals surface area contributed by atoms with Crippen LogP contribution in [-0.2, 0) is 9.53 Å². The topological polar surface area (TPSA) is 56.3 Å². The lowest BCUT2D eigenvalue weighted by Gasteiger charge is -1.95. The Bertz CT molecular complexity index is 385. The highest BCUT2D eigenvalue weighted by molar-refractivity contribution is 5.87. The third-order valence-electron chi connectivity index (χ3n) is 1.62. The average Bonchev–Trinajstić information content (AvgIpc) is 2.27. The fraction of sp³-hybridized carbons (Fsp3) is 0.182. The van der Waals surface area contributed by atoms with Gasteiger partial charge in [-0.2, -0.15) is 0 Å². The average molecular weight is 205 g/mol. The molecule has 1 rings (SSSR count). The standard InChI is InChI=1S/C11H11NO3/c1-2-15-11(14)4-3-10-7-9(8-13)5-6-12-10/h3-8H,2H2,1H3. The van der Waals surface area contributed by atoms with Gasteiger partial charge in [-0.15, -0.1) is 0 Å². The van der Waals surface area contributed by atoms with Crippen molar-refractivity contribution in [3.05, 3.63) is 35.7 Å². The summed E-state index contributed by atoms with van der Waals surface area (Å²) in [6.07, 6.45) is 5.02. The number of hydrogen-bond acceptors (Lipinski definition) is 4. The molecule has 0 spiro atoms. The van der Waals surface area contributed by atoms with Gasteiger partial charge in [0, 0.05) is 17.8 Å². The molecule has 4 nitrogen and oxygen atoms in total. The number of hydrogen-bond donors (Lipinski definition) is 0. The van der Waals surface area contributed by atoms with Gasteiger partial charge in [0.05, 0.1) is 12.3 Å². The molecule has 0 atom stereocenters. The molecule has 0 radical (unpaired) electrons. The van der Waals surface area contributed by atoms with E-state index >= 15 is 0 Å². The fourth-order valence-electron chi connectivity index (χ4n) is 0.974. The van der Waals surface area contributed by atoms with Crippen molar-refractivity contribution in [2.45, 2.75) is 6.92 Å². The van der Waals surface area contributed by atoms with E-state index in [1.165, 1.54) is 18.3 Å². The minimum atomic E-state index is -0.421. The Morgan fingerprint density at radius 1 is 1.60 bits per heavy atom. The van der Waals surface area contributed by atoms with E-state index in [1.807, 2.05) is 0 Å². The third-order valence-corrected chi connectivity index (χ3v) is 1.62. The Morgan fingerprint density at radius 2 is 2.40 bits per heavy atom. The molecule has 0 aliphatic heterocycles. The van der Waals surface area contributed by atoms with Crippen molar-refractivity contribution >= 4 is 18.3 Å². The summed E-state index contributed by atoms with van der Waals surface area (Å²) in [6.45, 7) is 2.07. The molecule has 0 amide bonds. The first-order valence-corrected chi connectivity index (χ1v) is 4.52. The van der Waals surface area contributed by atoms with Crippen LogP contribution in [0.4, 0.5) is 0 Å². The number of rotatable bonds is 4. The van der Waals surface area contributed by atoms with Gasteiger partial charge >= 0.3 is 5.97 Å². The first kappa shape index (κ1) is 11.1. The second-order valence-electron chi connectivity index (χ2n) is 2.72. The maximum Gasteiger partial charge on any atom is 0.330 e. The molecule has 1 aromatic rings. The third kappa shape index (κ3) is 3.72. The van der Waals surface area contributed by atoms with Crippen LogP contribution in [0.5, 0.6) is 0 Å². The van der Waals surface area contributed by atoms with Gasteiger partial charge in [0.25, 0.3) is 0 Å². The summed E-state index contributed by atoms with van der Waals surface area (Å²) >= 11 is 0. The molecule has 4 heteroatoms. The minimum absolute atomic E-state index is 0.338. The number of aromatic nitrogens is 1. The molecular formula is C11H11NO3. The van der Waals surface area contributed by atoms with Gasteiger partial charge in [0.2, 0.25) is 0 Å². The lowest BCUT2D eigenvalue weighted by molar-refractivity contribution is -0.137. The van der Waals surface area contributed by atoms with E-state index in [2.05, 4.69) is 4.98 Å². The summed E-state index contributed by atoms with van der Waals surface area (Å²) in [4.78, 5) is 25.4. The minimum Gasteiger partial charge on any atom is -0.463 e. The van der Waals surface area contributed by atoms with Gasteiger partial charge in [0.1, 0.15) is 6.29 Å². The first-order valence-electron chi connectivity index (χ1n) is 4.52. The molecule has 15 heavy (non-hydrogen) atoms. The maximum atomic E-state index is 11.0. The van der Waals surface area contributed by atoms with E-state index in [0.29, 0.717) is 17.9 Å². The molecule has 0 saturated heterocycles. The smallest absolute Gasteiger partial charge is 0.330 e. The van der Waals surface area contributed by atoms with Crippen molar-refractivity contribution in [2.75, 3.05) is 6.61 Å². The fourth-order valence-corrected chi connectivity index (χ4v) is 0.974. The number of carbonyl (C=O) groups excluding carboxylic acids is 2. The van der Waals surface area contributed by atoms with Crippen LogP contribution in [0.3, 0.4) is 0 Å². The van der Waals surface area contributed by atoms with Crippen molar-refractivity contribution in [1.82, 2.24) is 4.98 Å². The molecule has 0 saturated carbocycles. The van der Waals surface area contributed by atoms with Crippen LogP contribution < -0.4 is 0 Å². The van der Waals surface area contributed by atoms with Crippen molar-refractivity contribution in [1.29, 1.82) is 0 Å². The predicted molar refractivity (Wildman–Crippen MR) is 55.3 cm³/mol. The van der Waals surface area contributed by atoms with Crippen LogP contribution in [0.2, 0.25) is 0 Å². The van der Waals surface area contributed by atoms with Gasteiger partial charge in [-0.1, -0.05) is 0 Å². The molecular weight excluding hydrogens is 194 g/mol. The van der Waals surface area contributed by atoms with Crippen LogP contribution in [-0.4, -0.2) is 23.8 Å². The van der Waals surface area contributed by atoms with Crippen molar-refractivity contribution < 1.29 is 14.3 Å². The van der Waals surface area contributed by atoms with Crippen LogP contribution in [0, 0.1) is 0 Å². The molecule has 0 unspecified atom stereocenters. The zero-order chi connectivity index (χ0) is 11.1. The quantitative estimate of drug-likeness (QED) is 0.424. The highest BCUT2D eigenvalue weighted by Gasteiger charge is 1.95. The molecule has 78 valence electrons. The summed E-state index contributed by atoms with van der Waals surface area (Å²) in [5.74, 6) is -0.421. The molecule has 0 aliphatic rings. The van der Waals surface area contributed by atoms with E-state index in [-0.39, 0.29) is 0 Å². The van der Waals surface area contributed by atoms with Crippen LogP contribution in [0.25, 0.3) is 6.08 Å². The highest BCUT2D eigenvalue weighted by Crippen LogP contribution is 2.01.